The predicted octanol–water partition coefficient (Wildman–Crippen LogP) is 3.60. The maximum atomic E-state index is 12.3. The Morgan fingerprint density at radius 1 is 1.04 bits per heavy atom. The van der Waals surface area contributed by atoms with Crippen LogP contribution < -0.4 is 9.62 Å². The van der Waals surface area contributed by atoms with Crippen molar-refractivity contribution in [3.63, 3.8) is 0 Å². The Kier molecular flexibility index (Phi) is 4.81. The van der Waals surface area contributed by atoms with Gasteiger partial charge < -0.3 is 5.32 Å². The van der Waals surface area contributed by atoms with Crippen molar-refractivity contribution in [3.8, 4) is 0 Å². The van der Waals surface area contributed by atoms with Crippen molar-refractivity contribution in [2.75, 3.05) is 21.9 Å². The van der Waals surface area contributed by atoms with Gasteiger partial charge in [-0.1, -0.05) is 26.0 Å². The summed E-state index contributed by atoms with van der Waals surface area (Å²) in [5.74, 6) is 0.432. The minimum atomic E-state index is -3.18. The van der Waals surface area contributed by atoms with E-state index in [1.54, 1.807) is 24.3 Å². The molecule has 25 heavy (non-hydrogen) atoms. The lowest BCUT2D eigenvalue weighted by atomic mass is 10.0. The van der Waals surface area contributed by atoms with E-state index in [2.05, 4.69) is 19.2 Å². The third-order valence-corrected chi connectivity index (χ3v) is 6.22. The first kappa shape index (κ1) is 17.5. The lowest BCUT2D eigenvalue weighted by Gasteiger charge is -2.17. The number of carbonyl (C=O) groups is 1. The molecule has 5 nitrogen and oxygen atoms in total. The van der Waals surface area contributed by atoms with Gasteiger partial charge in [0.15, 0.2) is 0 Å². The molecule has 1 amide bonds. The van der Waals surface area contributed by atoms with Crippen LogP contribution in [0.4, 0.5) is 11.4 Å². The predicted molar refractivity (Wildman–Crippen MR) is 101 cm³/mol. The van der Waals surface area contributed by atoms with Gasteiger partial charge in [-0.25, -0.2) is 8.42 Å². The third kappa shape index (κ3) is 3.85. The van der Waals surface area contributed by atoms with Gasteiger partial charge in [0.25, 0.3) is 5.91 Å². The van der Waals surface area contributed by atoms with Gasteiger partial charge in [-0.05, 0) is 54.3 Å². The number of benzene rings is 2. The van der Waals surface area contributed by atoms with Crippen LogP contribution >= 0.6 is 0 Å². The molecule has 0 bridgehead atoms. The number of sulfonamides is 1. The highest BCUT2D eigenvalue weighted by atomic mass is 32.2. The van der Waals surface area contributed by atoms with E-state index in [9.17, 15) is 13.2 Å². The van der Waals surface area contributed by atoms with Crippen LogP contribution in [0.3, 0.4) is 0 Å². The van der Waals surface area contributed by atoms with E-state index in [1.165, 1.54) is 9.87 Å². The quantitative estimate of drug-likeness (QED) is 0.908. The Balaban J connectivity index is 1.70. The molecule has 1 aliphatic heterocycles. The van der Waals surface area contributed by atoms with E-state index < -0.39 is 10.0 Å². The first-order chi connectivity index (χ1) is 11.9. The number of carbonyl (C=O) groups excluding carboxylic acids is 1. The van der Waals surface area contributed by atoms with E-state index >= 15 is 0 Å². The number of hydrogen-bond donors (Lipinski definition) is 1. The van der Waals surface area contributed by atoms with Gasteiger partial charge in [-0.3, -0.25) is 9.10 Å². The van der Waals surface area contributed by atoms with Crippen molar-refractivity contribution >= 4 is 27.3 Å². The fourth-order valence-corrected chi connectivity index (χ4v) is 4.43. The Labute approximate surface area is 148 Å². The molecule has 132 valence electrons. The number of nitrogens with one attached hydrogen (secondary N) is 1. The molecule has 1 aliphatic rings. The molecule has 0 aromatic heterocycles. The molecule has 2 aromatic carbocycles. The summed E-state index contributed by atoms with van der Waals surface area (Å²) in [6, 6.07) is 14.4. The average Bonchev–Trinajstić information content (AvgIpc) is 2.95. The van der Waals surface area contributed by atoms with Crippen molar-refractivity contribution in [2.24, 2.45) is 0 Å². The lowest BCUT2D eigenvalue weighted by molar-refractivity contribution is 0.102. The van der Waals surface area contributed by atoms with Crippen molar-refractivity contribution in [3.05, 3.63) is 59.7 Å². The molecular weight excluding hydrogens is 336 g/mol. The highest BCUT2D eigenvalue weighted by Crippen LogP contribution is 2.25. The summed E-state index contributed by atoms with van der Waals surface area (Å²) in [6.45, 7) is 4.73. The second kappa shape index (κ2) is 6.88. The van der Waals surface area contributed by atoms with Crippen LogP contribution in [0.5, 0.6) is 0 Å². The standard InChI is InChI=1S/C19H22N2O3S/c1-14(2)15-4-6-16(7-5-15)19(22)20-17-8-10-18(11-9-17)21-12-3-13-25(21,23)24/h4-11,14H,3,12-13H2,1-2H3,(H,20,22). The summed E-state index contributed by atoms with van der Waals surface area (Å²) in [4.78, 5) is 12.3. The lowest BCUT2D eigenvalue weighted by Crippen LogP contribution is -2.24. The van der Waals surface area contributed by atoms with Crippen LogP contribution in [0.25, 0.3) is 0 Å². The summed E-state index contributed by atoms with van der Waals surface area (Å²) in [5.41, 5.74) is 3.05. The molecule has 0 aliphatic carbocycles. The van der Waals surface area contributed by atoms with Crippen molar-refractivity contribution in [1.29, 1.82) is 0 Å². The molecule has 2 aromatic rings. The van der Waals surface area contributed by atoms with E-state index in [0.717, 1.165) is 0 Å². The molecule has 0 atom stereocenters. The zero-order valence-corrected chi connectivity index (χ0v) is 15.2. The third-order valence-electron chi connectivity index (χ3n) is 4.35. The topological polar surface area (TPSA) is 66.5 Å². The molecule has 0 unspecified atom stereocenters. The van der Waals surface area contributed by atoms with Gasteiger partial charge in [0.05, 0.1) is 11.4 Å². The maximum absolute atomic E-state index is 12.3. The Hall–Kier alpha value is -2.34. The largest absolute Gasteiger partial charge is 0.322 e. The van der Waals surface area contributed by atoms with Gasteiger partial charge in [-0.15, -0.1) is 0 Å². The van der Waals surface area contributed by atoms with Gasteiger partial charge in [0.2, 0.25) is 10.0 Å². The number of rotatable bonds is 4. The van der Waals surface area contributed by atoms with Crippen molar-refractivity contribution < 1.29 is 13.2 Å². The van der Waals surface area contributed by atoms with Crippen LogP contribution in [0.1, 0.15) is 42.1 Å². The molecule has 6 heteroatoms. The summed E-state index contributed by atoms with van der Waals surface area (Å²) >= 11 is 0. The number of hydrogen-bond acceptors (Lipinski definition) is 3. The van der Waals surface area contributed by atoms with Crippen LogP contribution in [-0.4, -0.2) is 26.6 Å². The van der Waals surface area contributed by atoms with Crippen molar-refractivity contribution in [1.82, 2.24) is 0 Å². The van der Waals surface area contributed by atoms with E-state index in [0.29, 0.717) is 35.8 Å². The van der Waals surface area contributed by atoms with E-state index in [-0.39, 0.29) is 11.7 Å². The highest BCUT2D eigenvalue weighted by Gasteiger charge is 2.28. The first-order valence-corrected chi connectivity index (χ1v) is 9.99. The Morgan fingerprint density at radius 3 is 2.20 bits per heavy atom. The number of nitrogens with zero attached hydrogens (tertiary/aromatic N) is 1. The molecule has 0 saturated carbocycles. The molecule has 1 saturated heterocycles. The molecule has 1 N–H and O–H groups in total. The van der Waals surface area contributed by atoms with Gasteiger partial charge >= 0.3 is 0 Å². The highest BCUT2D eigenvalue weighted by molar-refractivity contribution is 7.93. The average molecular weight is 358 g/mol. The number of anilines is 2. The minimum Gasteiger partial charge on any atom is -0.322 e. The monoisotopic (exact) mass is 358 g/mol. The van der Waals surface area contributed by atoms with Crippen molar-refractivity contribution in [2.45, 2.75) is 26.2 Å². The summed E-state index contributed by atoms with van der Waals surface area (Å²) in [5, 5.41) is 2.84. The smallest absolute Gasteiger partial charge is 0.255 e. The number of amides is 1. The fraction of sp³-hybridized carbons (Fsp3) is 0.316. The van der Waals surface area contributed by atoms with Crippen LogP contribution in [0.15, 0.2) is 48.5 Å². The van der Waals surface area contributed by atoms with Crippen LogP contribution in [-0.2, 0) is 10.0 Å². The van der Waals surface area contributed by atoms with Crippen LogP contribution in [0.2, 0.25) is 0 Å². The Morgan fingerprint density at radius 2 is 1.68 bits per heavy atom. The first-order valence-electron chi connectivity index (χ1n) is 8.38. The zero-order valence-electron chi connectivity index (χ0n) is 14.4. The molecular formula is C19H22N2O3S. The summed E-state index contributed by atoms with van der Waals surface area (Å²) in [7, 11) is -3.18. The van der Waals surface area contributed by atoms with E-state index in [4.69, 9.17) is 0 Å². The molecule has 0 spiro atoms. The van der Waals surface area contributed by atoms with Gasteiger partial charge in [-0.2, -0.15) is 0 Å². The normalized spacial score (nSPS) is 16.2. The second-order valence-electron chi connectivity index (χ2n) is 6.52. The Bertz CT molecular complexity index is 857. The van der Waals surface area contributed by atoms with E-state index in [1.807, 2.05) is 24.3 Å². The fourth-order valence-electron chi connectivity index (χ4n) is 2.86. The zero-order chi connectivity index (χ0) is 18.0. The van der Waals surface area contributed by atoms with Gasteiger partial charge in [0.1, 0.15) is 0 Å². The molecule has 0 radical (unpaired) electrons. The maximum Gasteiger partial charge on any atom is 0.255 e. The second-order valence-corrected chi connectivity index (χ2v) is 8.53. The van der Waals surface area contributed by atoms with Crippen LogP contribution in [0, 0.1) is 0 Å². The molecule has 3 rings (SSSR count). The molecule has 1 fully saturated rings. The van der Waals surface area contributed by atoms with Gasteiger partial charge in [0, 0.05) is 17.8 Å². The SMILES string of the molecule is CC(C)c1ccc(C(=O)Nc2ccc(N3CCCS3(=O)=O)cc2)cc1. The molecule has 1 heterocycles. The minimum absolute atomic E-state index is 0.183. The summed E-state index contributed by atoms with van der Waals surface area (Å²) < 4.78 is 25.3. The summed E-state index contributed by atoms with van der Waals surface area (Å²) in [6.07, 6.45) is 0.646.